The summed E-state index contributed by atoms with van der Waals surface area (Å²) in [5, 5.41) is 4.28. The molecule has 2 N–H and O–H groups in total. The summed E-state index contributed by atoms with van der Waals surface area (Å²) in [5.41, 5.74) is 0.551. The molecule has 6 heteroatoms. The zero-order valence-electron chi connectivity index (χ0n) is 10.2. The third-order valence-corrected chi connectivity index (χ3v) is 3.47. The number of nitrogens with one attached hydrogen (secondary N) is 2. The van der Waals surface area contributed by atoms with Crippen LogP contribution in [-0.2, 0) is 4.79 Å². The molecule has 0 aliphatic rings. The van der Waals surface area contributed by atoms with Crippen molar-refractivity contribution in [1.82, 2.24) is 10.6 Å². The number of amides is 3. The summed E-state index contributed by atoms with van der Waals surface area (Å²) in [5.74, 6) is -0.588. The lowest BCUT2D eigenvalue weighted by Crippen LogP contribution is -2.38. The zero-order valence-corrected chi connectivity index (χ0v) is 11.0. The van der Waals surface area contributed by atoms with Crippen LogP contribution >= 0.6 is 11.8 Å². The van der Waals surface area contributed by atoms with E-state index in [1.54, 1.807) is 18.2 Å². The van der Waals surface area contributed by atoms with Crippen molar-refractivity contribution in [2.45, 2.75) is 12.2 Å². The van der Waals surface area contributed by atoms with E-state index in [2.05, 4.69) is 10.6 Å². The number of carbonyl (C=O) groups is 2. The molecule has 4 nitrogen and oxygen atoms in total. The molecule has 0 bridgehead atoms. The highest BCUT2D eigenvalue weighted by atomic mass is 32.2. The molecule has 0 spiro atoms. The van der Waals surface area contributed by atoms with Crippen molar-refractivity contribution in [3.8, 4) is 0 Å². The van der Waals surface area contributed by atoms with Gasteiger partial charge in [0.25, 0.3) is 0 Å². The molecule has 0 saturated heterocycles. The molecule has 0 aliphatic carbocycles. The topological polar surface area (TPSA) is 58.2 Å². The van der Waals surface area contributed by atoms with Gasteiger partial charge in [-0.1, -0.05) is 18.2 Å². The van der Waals surface area contributed by atoms with Crippen molar-refractivity contribution in [3.63, 3.8) is 0 Å². The van der Waals surface area contributed by atoms with Crippen LogP contribution in [0.1, 0.15) is 17.7 Å². The van der Waals surface area contributed by atoms with E-state index in [0.29, 0.717) is 5.56 Å². The Morgan fingerprint density at radius 2 is 2.06 bits per heavy atom. The van der Waals surface area contributed by atoms with Crippen LogP contribution < -0.4 is 10.6 Å². The molecule has 1 atom stereocenters. The third-order valence-electron chi connectivity index (χ3n) is 2.29. The molecule has 98 valence electrons. The Hall–Kier alpha value is -1.56. The van der Waals surface area contributed by atoms with E-state index in [1.807, 2.05) is 6.92 Å². The van der Waals surface area contributed by atoms with Gasteiger partial charge in [0, 0.05) is 17.9 Å². The summed E-state index contributed by atoms with van der Waals surface area (Å²) >= 11 is 1.27. The molecule has 3 amide bonds. The molecular formula is C12H15FN2O2S. The van der Waals surface area contributed by atoms with Gasteiger partial charge in [0.2, 0.25) is 5.91 Å². The number of thioether (sulfide) groups is 1. The standard InChI is InChI=1S/C12H15FN2O2S/c1-8(9-5-3-4-6-10(9)13)18-7-11(16)15-12(17)14-2/h3-6,8H,7H2,1-2H3,(H2,14,15,16,17)/t8-/m1/s1. The van der Waals surface area contributed by atoms with E-state index >= 15 is 0 Å². The lowest BCUT2D eigenvalue weighted by Gasteiger charge is -2.12. The van der Waals surface area contributed by atoms with Gasteiger partial charge in [-0.2, -0.15) is 0 Å². The number of benzene rings is 1. The number of halogens is 1. The Labute approximate surface area is 109 Å². The van der Waals surface area contributed by atoms with Gasteiger partial charge in [-0.15, -0.1) is 11.8 Å². The van der Waals surface area contributed by atoms with Gasteiger partial charge in [-0.3, -0.25) is 10.1 Å². The van der Waals surface area contributed by atoms with Crippen LogP contribution in [0.2, 0.25) is 0 Å². The van der Waals surface area contributed by atoms with Gasteiger partial charge < -0.3 is 5.32 Å². The van der Waals surface area contributed by atoms with Crippen molar-refractivity contribution in [3.05, 3.63) is 35.6 Å². The molecule has 18 heavy (non-hydrogen) atoms. The van der Waals surface area contributed by atoms with Gasteiger partial charge in [0.1, 0.15) is 5.82 Å². The Kier molecular flexibility index (Phi) is 5.64. The van der Waals surface area contributed by atoms with Gasteiger partial charge >= 0.3 is 6.03 Å². The minimum atomic E-state index is -0.542. The molecule has 0 aromatic heterocycles. The number of urea groups is 1. The second kappa shape index (κ2) is 7.00. The smallest absolute Gasteiger partial charge is 0.321 e. The molecule has 0 saturated carbocycles. The van der Waals surface area contributed by atoms with Crippen molar-refractivity contribution in [2.75, 3.05) is 12.8 Å². The van der Waals surface area contributed by atoms with Gasteiger partial charge in [-0.25, -0.2) is 9.18 Å². The van der Waals surface area contributed by atoms with Crippen LogP contribution in [0.3, 0.4) is 0 Å². The summed E-state index contributed by atoms with van der Waals surface area (Å²) in [6.07, 6.45) is 0. The Morgan fingerprint density at radius 3 is 2.67 bits per heavy atom. The van der Waals surface area contributed by atoms with Gasteiger partial charge in [-0.05, 0) is 13.0 Å². The largest absolute Gasteiger partial charge is 0.341 e. The first-order valence-corrected chi connectivity index (χ1v) is 6.47. The number of imide groups is 1. The van der Waals surface area contributed by atoms with Crippen molar-refractivity contribution in [1.29, 1.82) is 0 Å². The predicted molar refractivity (Wildman–Crippen MR) is 69.9 cm³/mol. The summed E-state index contributed by atoms with van der Waals surface area (Å²) in [4.78, 5) is 22.2. The molecule has 1 rings (SSSR count). The summed E-state index contributed by atoms with van der Waals surface area (Å²) in [7, 11) is 1.43. The second-order valence-corrected chi connectivity index (χ2v) is 4.93. The minimum absolute atomic E-state index is 0.100. The molecule has 1 aromatic carbocycles. The highest BCUT2D eigenvalue weighted by Crippen LogP contribution is 2.29. The fourth-order valence-electron chi connectivity index (χ4n) is 1.32. The number of hydrogen-bond donors (Lipinski definition) is 2. The first kappa shape index (κ1) is 14.5. The Morgan fingerprint density at radius 1 is 1.39 bits per heavy atom. The highest BCUT2D eigenvalue weighted by molar-refractivity contribution is 8.00. The van der Waals surface area contributed by atoms with E-state index < -0.39 is 11.9 Å². The molecule has 0 heterocycles. The monoisotopic (exact) mass is 270 g/mol. The molecule has 0 aliphatic heterocycles. The summed E-state index contributed by atoms with van der Waals surface area (Å²) in [6, 6.07) is 5.90. The van der Waals surface area contributed by atoms with Crippen LogP contribution in [0.4, 0.5) is 9.18 Å². The van der Waals surface area contributed by atoms with Crippen molar-refractivity contribution in [2.24, 2.45) is 0 Å². The lowest BCUT2D eigenvalue weighted by atomic mass is 10.1. The average Bonchev–Trinajstić information content (AvgIpc) is 2.36. The lowest BCUT2D eigenvalue weighted by molar-refractivity contribution is -0.117. The SMILES string of the molecule is CNC(=O)NC(=O)CS[C@H](C)c1ccccc1F. The number of hydrogen-bond acceptors (Lipinski definition) is 3. The third kappa shape index (κ3) is 4.37. The van der Waals surface area contributed by atoms with Crippen molar-refractivity contribution >= 4 is 23.7 Å². The Balaban J connectivity index is 2.47. The van der Waals surface area contributed by atoms with E-state index in [4.69, 9.17) is 0 Å². The molecule has 0 fully saturated rings. The normalized spacial score (nSPS) is 11.7. The van der Waals surface area contributed by atoms with E-state index in [9.17, 15) is 14.0 Å². The first-order chi connectivity index (χ1) is 8.54. The van der Waals surface area contributed by atoms with Gasteiger partial charge in [0.05, 0.1) is 5.75 Å². The van der Waals surface area contributed by atoms with Crippen molar-refractivity contribution < 1.29 is 14.0 Å². The maximum atomic E-state index is 13.5. The predicted octanol–water partition coefficient (Wildman–Crippen LogP) is 2.08. The fraction of sp³-hybridized carbons (Fsp3) is 0.333. The highest BCUT2D eigenvalue weighted by Gasteiger charge is 2.13. The van der Waals surface area contributed by atoms with Crippen LogP contribution in [0.5, 0.6) is 0 Å². The fourth-order valence-corrected chi connectivity index (χ4v) is 2.16. The van der Waals surface area contributed by atoms with Crippen LogP contribution in [-0.4, -0.2) is 24.7 Å². The van der Waals surface area contributed by atoms with Crippen LogP contribution in [0, 0.1) is 5.82 Å². The quantitative estimate of drug-likeness (QED) is 0.880. The minimum Gasteiger partial charge on any atom is -0.341 e. The maximum Gasteiger partial charge on any atom is 0.321 e. The summed E-state index contributed by atoms with van der Waals surface area (Å²) in [6.45, 7) is 1.82. The average molecular weight is 270 g/mol. The van der Waals surface area contributed by atoms with Gasteiger partial charge in [0.15, 0.2) is 0 Å². The summed E-state index contributed by atoms with van der Waals surface area (Å²) < 4.78 is 13.5. The molecule has 0 unspecified atom stereocenters. The molecule has 0 radical (unpaired) electrons. The van der Waals surface area contributed by atoms with E-state index in [0.717, 1.165) is 0 Å². The first-order valence-electron chi connectivity index (χ1n) is 5.42. The van der Waals surface area contributed by atoms with Crippen LogP contribution in [0.25, 0.3) is 0 Å². The van der Waals surface area contributed by atoms with E-state index in [-0.39, 0.29) is 16.8 Å². The van der Waals surface area contributed by atoms with Crippen LogP contribution in [0.15, 0.2) is 24.3 Å². The maximum absolute atomic E-state index is 13.5. The Bertz CT molecular complexity index is 440. The van der Waals surface area contributed by atoms with E-state index in [1.165, 1.54) is 24.9 Å². The molecule has 1 aromatic rings. The number of rotatable bonds is 4. The second-order valence-electron chi connectivity index (χ2n) is 3.60. The zero-order chi connectivity index (χ0) is 13.5. The molecular weight excluding hydrogens is 255 g/mol. The number of carbonyl (C=O) groups excluding carboxylic acids is 2.